The number of hydrogen-bond acceptors (Lipinski definition) is 1. The fourth-order valence-corrected chi connectivity index (χ4v) is 3.06. The summed E-state index contributed by atoms with van der Waals surface area (Å²) in [7, 11) is 0. The highest BCUT2D eigenvalue weighted by atomic mass is 14.8. The molecule has 0 spiro atoms. The van der Waals surface area contributed by atoms with E-state index in [0.717, 1.165) is 16.7 Å². The maximum absolute atomic E-state index is 4.63. The van der Waals surface area contributed by atoms with Gasteiger partial charge in [-0.3, -0.25) is 4.98 Å². The topological polar surface area (TPSA) is 28.7 Å². The van der Waals surface area contributed by atoms with Crippen molar-refractivity contribution in [3.8, 4) is 11.3 Å². The number of aromatic amines is 1. The summed E-state index contributed by atoms with van der Waals surface area (Å²) in [4.78, 5) is 8.16. The van der Waals surface area contributed by atoms with Crippen LogP contribution in [0.25, 0.3) is 33.1 Å². The highest BCUT2D eigenvalue weighted by molar-refractivity contribution is 6.11. The fourth-order valence-electron chi connectivity index (χ4n) is 3.06. The number of fused-ring (bicyclic) bond motifs is 3. The van der Waals surface area contributed by atoms with Gasteiger partial charge in [-0.25, -0.2) is 0 Å². The Balaban J connectivity index is 2.09. The average Bonchev–Trinajstić information content (AvgIpc) is 2.86. The molecule has 0 aliphatic carbocycles. The number of nitrogens with one attached hydrogen (secondary N) is 1. The van der Waals surface area contributed by atoms with Crippen molar-refractivity contribution >= 4 is 21.8 Å². The van der Waals surface area contributed by atoms with E-state index in [1.54, 1.807) is 0 Å². The minimum absolute atomic E-state index is 1.03. The van der Waals surface area contributed by atoms with Crippen LogP contribution in [0, 0.1) is 13.8 Å². The second-order valence-corrected chi connectivity index (χ2v) is 5.57. The van der Waals surface area contributed by atoms with Crippen LogP contribution in [0.1, 0.15) is 11.1 Å². The molecule has 1 N–H and O–H groups in total. The van der Waals surface area contributed by atoms with Gasteiger partial charge in [-0.1, -0.05) is 42.0 Å². The zero-order valence-electron chi connectivity index (χ0n) is 12.1. The normalized spacial score (nSPS) is 11.3. The molecule has 21 heavy (non-hydrogen) atoms. The number of H-pyrrole nitrogens is 1. The maximum atomic E-state index is 4.63. The van der Waals surface area contributed by atoms with Crippen LogP contribution < -0.4 is 0 Å². The molecule has 102 valence electrons. The van der Waals surface area contributed by atoms with Gasteiger partial charge in [0.05, 0.1) is 11.2 Å². The van der Waals surface area contributed by atoms with E-state index >= 15 is 0 Å². The predicted octanol–water partition coefficient (Wildman–Crippen LogP) is 5.00. The summed E-state index contributed by atoms with van der Waals surface area (Å²) < 4.78 is 0. The molecule has 0 atom stereocenters. The molecule has 2 heterocycles. The Kier molecular flexibility index (Phi) is 2.58. The third kappa shape index (κ3) is 1.83. The highest BCUT2D eigenvalue weighted by Crippen LogP contribution is 2.32. The Morgan fingerprint density at radius 2 is 1.76 bits per heavy atom. The second-order valence-electron chi connectivity index (χ2n) is 5.57. The summed E-state index contributed by atoms with van der Waals surface area (Å²) in [5, 5.41) is 2.48. The molecule has 0 fully saturated rings. The van der Waals surface area contributed by atoms with E-state index in [9.17, 15) is 0 Å². The number of para-hydroxylation sites is 1. The van der Waals surface area contributed by atoms with Gasteiger partial charge in [-0.05, 0) is 31.5 Å². The lowest BCUT2D eigenvalue weighted by atomic mass is 10.0. The molecule has 4 rings (SSSR count). The molecule has 0 aliphatic rings. The van der Waals surface area contributed by atoms with Gasteiger partial charge in [0.25, 0.3) is 0 Å². The molecule has 0 bridgehead atoms. The van der Waals surface area contributed by atoms with Crippen molar-refractivity contribution in [2.75, 3.05) is 0 Å². The third-order valence-electron chi connectivity index (χ3n) is 4.06. The summed E-state index contributed by atoms with van der Waals surface area (Å²) in [6.45, 7) is 4.26. The average molecular weight is 272 g/mol. The number of hydrogen-bond donors (Lipinski definition) is 1. The molecule has 2 aromatic heterocycles. The number of benzene rings is 2. The van der Waals surface area contributed by atoms with Crippen molar-refractivity contribution in [2.45, 2.75) is 13.8 Å². The van der Waals surface area contributed by atoms with Gasteiger partial charge in [-0.2, -0.15) is 0 Å². The monoisotopic (exact) mass is 272 g/mol. The van der Waals surface area contributed by atoms with Crippen molar-refractivity contribution in [1.29, 1.82) is 0 Å². The molecule has 0 saturated heterocycles. The maximum Gasteiger partial charge on any atom is 0.0945 e. The second kappa shape index (κ2) is 4.45. The Morgan fingerprint density at radius 1 is 0.905 bits per heavy atom. The predicted molar refractivity (Wildman–Crippen MR) is 88.5 cm³/mol. The van der Waals surface area contributed by atoms with Crippen LogP contribution >= 0.6 is 0 Å². The molecule has 0 aliphatic heterocycles. The van der Waals surface area contributed by atoms with E-state index in [2.05, 4.69) is 72.3 Å². The standard InChI is InChI=1S/C19H16N2/c1-12-7-8-14(13(2)11-12)18-19-16(9-10-20-18)15-5-3-4-6-17(15)21-19/h3-11,21H,1-2H3. The smallest absolute Gasteiger partial charge is 0.0945 e. The van der Waals surface area contributed by atoms with Crippen LogP contribution in [0.3, 0.4) is 0 Å². The van der Waals surface area contributed by atoms with Crippen molar-refractivity contribution < 1.29 is 0 Å². The lowest BCUT2D eigenvalue weighted by Crippen LogP contribution is -1.89. The molecule has 0 radical (unpaired) electrons. The summed E-state index contributed by atoms with van der Waals surface area (Å²) in [5.74, 6) is 0. The number of aromatic nitrogens is 2. The summed E-state index contributed by atoms with van der Waals surface area (Å²) in [5.41, 5.74) is 7.03. The summed E-state index contributed by atoms with van der Waals surface area (Å²) in [6.07, 6.45) is 1.90. The molecular weight excluding hydrogens is 256 g/mol. The molecule has 0 unspecified atom stereocenters. The van der Waals surface area contributed by atoms with Crippen LogP contribution in [0.15, 0.2) is 54.7 Å². The van der Waals surface area contributed by atoms with Gasteiger partial charge >= 0.3 is 0 Å². The molecule has 2 nitrogen and oxygen atoms in total. The van der Waals surface area contributed by atoms with E-state index in [4.69, 9.17) is 0 Å². The van der Waals surface area contributed by atoms with Gasteiger partial charge in [0.1, 0.15) is 0 Å². The first-order valence-corrected chi connectivity index (χ1v) is 7.17. The molecule has 2 aromatic carbocycles. The van der Waals surface area contributed by atoms with E-state index in [1.165, 1.54) is 27.5 Å². The van der Waals surface area contributed by atoms with Gasteiger partial charge in [0, 0.05) is 28.0 Å². The third-order valence-corrected chi connectivity index (χ3v) is 4.06. The van der Waals surface area contributed by atoms with Crippen LogP contribution in [0.4, 0.5) is 0 Å². The number of nitrogens with zero attached hydrogens (tertiary/aromatic N) is 1. The van der Waals surface area contributed by atoms with E-state index in [0.29, 0.717) is 0 Å². The highest BCUT2D eigenvalue weighted by Gasteiger charge is 2.12. The number of rotatable bonds is 1. The lowest BCUT2D eigenvalue weighted by molar-refractivity contribution is 1.31. The van der Waals surface area contributed by atoms with Gasteiger partial charge < -0.3 is 4.98 Å². The first kappa shape index (κ1) is 12.2. The number of pyridine rings is 1. The number of aryl methyl sites for hydroxylation is 2. The fraction of sp³-hybridized carbons (Fsp3) is 0.105. The van der Waals surface area contributed by atoms with E-state index < -0.39 is 0 Å². The summed E-state index contributed by atoms with van der Waals surface area (Å²) >= 11 is 0. The van der Waals surface area contributed by atoms with E-state index in [1.807, 2.05) is 6.20 Å². The summed E-state index contributed by atoms with van der Waals surface area (Å²) in [6, 6.07) is 17.0. The minimum atomic E-state index is 1.03. The Hall–Kier alpha value is -2.61. The first-order chi connectivity index (χ1) is 10.2. The Labute approximate surface area is 123 Å². The zero-order valence-corrected chi connectivity index (χ0v) is 12.1. The van der Waals surface area contributed by atoms with Gasteiger partial charge in [-0.15, -0.1) is 0 Å². The molecule has 0 saturated carbocycles. The minimum Gasteiger partial charge on any atom is -0.353 e. The van der Waals surface area contributed by atoms with Crippen LogP contribution in [-0.2, 0) is 0 Å². The van der Waals surface area contributed by atoms with Crippen molar-refractivity contribution in [1.82, 2.24) is 9.97 Å². The molecule has 2 heteroatoms. The van der Waals surface area contributed by atoms with Crippen molar-refractivity contribution in [3.05, 3.63) is 65.9 Å². The zero-order chi connectivity index (χ0) is 14.4. The van der Waals surface area contributed by atoms with E-state index in [-0.39, 0.29) is 0 Å². The molecule has 0 amide bonds. The van der Waals surface area contributed by atoms with Crippen molar-refractivity contribution in [3.63, 3.8) is 0 Å². The van der Waals surface area contributed by atoms with Crippen LogP contribution in [0.5, 0.6) is 0 Å². The Bertz CT molecular complexity index is 964. The van der Waals surface area contributed by atoms with Crippen molar-refractivity contribution in [2.24, 2.45) is 0 Å². The molecule has 4 aromatic rings. The van der Waals surface area contributed by atoms with Gasteiger partial charge in [0.2, 0.25) is 0 Å². The largest absolute Gasteiger partial charge is 0.353 e. The van der Waals surface area contributed by atoms with Crippen LogP contribution in [0.2, 0.25) is 0 Å². The lowest BCUT2D eigenvalue weighted by Gasteiger charge is -2.07. The SMILES string of the molecule is Cc1ccc(-c2nccc3c2[nH]c2ccccc23)c(C)c1. The van der Waals surface area contributed by atoms with Crippen LogP contribution in [-0.4, -0.2) is 9.97 Å². The quantitative estimate of drug-likeness (QED) is 0.519. The molecular formula is C19H16N2. The first-order valence-electron chi connectivity index (χ1n) is 7.17. The Morgan fingerprint density at radius 3 is 2.62 bits per heavy atom. The van der Waals surface area contributed by atoms with Gasteiger partial charge in [0.15, 0.2) is 0 Å².